The van der Waals surface area contributed by atoms with Gasteiger partial charge in [0, 0.05) is 19.8 Å². The summed E-state index contributed by atoms with van der Waals surface area (Å²) in [6, 6.07) is 0. The van der Waals surface area contributed by atoms with E-state index in [0.29, 0.717) is 18.7 Å². The van der Waals surface area contributed by atoms with Crippen LogP contribution in [0.15, 0.2) is 15.9 Å². The molecule has 0 aliphatic heterocycles. The number of aromatic nitrogens is 4. The maximum absolute atomic E-state index is 12.3. The van der Waals surface area contributed by atoms with Gasteiger partial charge in [-0.3, -0.25) is 18.5 Å². The molecule has 128 valence electrons. The fourth-order valence-corrected chi connectivity index (χ4v) is 3.47. The van der Waals surface area contributed by atoms with Gasteiger partial charge >= 0.3 is 13.3 Å². The summed E-state index contributed by atoms with van der Waals surface area (Å²) in [4.78, 5) is 31.2. The second-order valence-corrected chi connectivity index (χ2v) is 7.30. The van der Waals surface area contributed by atoms with E-state index in [-0.39, 0.29) is 24.8 Å². The first kappa shape index (κ1) is 17.7. The zero-order valence-corrected chi connectivity index (χ0v) is 14.3. The molecule has 0 aliphatic rings. The van der Waals surface area contributed by atoms with E-state index >= 15 is 0 Å². The lowest BCUT2D eigenvalue weighted by Gasteiger charge is -2.16. The van der Waals surface area contributed by atoms with Crippen LogP contribution in [0.4, 0.5) is 0 Å². The van der Waals surface area contributed by atoms with Crippen molar-refractivity contribution in [1.82, 2.24) is 19.1 Å². The topological polar surface area (TPSA) is 108 Å². The largest absolute Gasteiger partial charge is 0.339 e. The monoisotopic (exact) mass is 344 g/mol. The second kappa shape index (κ2) is 7.25. The van der Waals surface area contributed by atoms with Gasteiger partial charge in [0.05, 0.1) is 19.5 Å². The number of fused-ring (bicyclic) bond motifs is 1. The highest BCUT2D eigenvalue weighted by Crippen LogP contribution is 2.47. The van der Waals surface area contributed by atoms with Gasteiger partial charge in [-0.2, -0.15) is 0 Å². The molecule has 0 spiro atoms. The van der Waals surface area contributed by atoms with Crippen molar-refractivity contribution >= 4 is 18.8 Å². The van der Waals surface area contributed by atoms with E-state index in [0.717, 1.165) is 4.57 Å². The molecule has 23 heavy (non-hydrogen) atoms. The maximum atomic E-state index is 12.3. The molecule has 0 fully saturated rings. The van der Waals surface area contributed by atoms with E-state index in [4.69, 9.17) is 9.05 Å². The first-order valence-electron chi connectivity index (χ1n) is 7.44. The fourth-order valence-electron chi connectivity index (χ4n) is 2.23. The van der Waals surface area contributed by atoms with E-state index in [1.54, 1.807) is 20.9 Å². The van der Waals surface area contributed by atoms with E-state index in [9.17, 15) is 14.2 Å². The van der Waals surface area contributed by atoms with Gasteiger partial charge in [0.25, 0.3) is 5.56 Å². The number of H-pyrrole nitrogens is 1. The predicted octanol–water partition coefficient (Wildman–Crippen LogP) is 1.08. The molecule has 2 rings (SSSR count). The Bertz CT molecular complexity index is 837. The fraction of sp³-hybridized carbons (Fsp3) is 0.615. The highest BCUT2D eigenvalue weighted by molar-refractivity contribution is 7.53. The lowest BCUT2D eigenvalue weighted by molar-refractivity contribution is 0.207. The number of rotatable bonds is 8. The van der Waals surface area contributed by atoms with Gasteiger partial charge in [0.15, 0.2) is 5.65 Å². The minimum Gasteiger partial charge on any atom is -0.339 e. The zero-order valence-electron chi connectivity index (χ0n) is 13.4. The van der Waals surface area contributed by atoms with E-state index in [2.05, 4.69) is 9.97 Å². The summed E-state index contributed by atoms with van der Waals surface area (Å²) in [5.41, 5.74) is -0.275. The average molecular weight is 344 g/mol. The molecule has 0 bridgehead atoms. The Morgan fingerprint density at radius 2 is 2.04 bits per heavy atom. The van der Waals surface area contributed by atoms with Gasteiger partial charge < -0.3 is 14.0 Å². The molecular formula is C13H21N4O5P. The third-order valence-corrected chi connectivity index (χ3v) is 5.44. The van der Waals surface area contributed by atoms with Gasteiger partial charge in [0.2, 0.25) is 0 Å². The van der Waals surface area contributed by atoms with Crippen LogP contribution in [-0.4, -0.2) is 38.5 Å². The molecule has 2 aromatic rings. The molecule has 0 saturated carbocycles. The molecular weight excluding hydrogens is 323 g/mol. The molecule has 0 saturated heterocycles. The third kappa shape index (κ3) is 3.63. The standard InChI is InChI=1S/C13H21N4O5P/c1-4-21-23(20,5-2)22-8-6-7-17-12(18)10-11(15-9-14-10)16(3)13(17)19/h9H,4-8H2,1-3H3,(H,14,15). The Morgan fingerprint density at radius 3 is 2.70 bits per heavy atom. The van der Waals surface area contributed by atoms with Crippen molar-refractivity contribution in [2.45, 2.75) is 26.8 Å². The average Bonchev–Trinajstić information content (AvgIpc) is 3.02. The number of aryl methyl sites for hydroxylation is 1. The second-order valence-electron chi connectivity index (χ2n) is 4.93. The van der Waals surface area contributed by atoms with Crippen molar-refractivity contribution in [2.24, 2.45) is 7.05 Å². The van der Waals surface area contributed by atoms with Crippen LogP contribution in [0, 0.1) is 0 Å². The quantitative estimate of drug-likeness (QED) is 0.567. The van der Waals surface area contributed by atoms with Crippen molar-refractivity contribution in [2.75, 3.05) is 19.4 Å². The molecule has 2 aromatic heterocycles. The van der Waals surface area contributed by atoms with Crippen LogP contribution in [0.1, 0.15) is 20.3 Å². The van der Waals surface area contributed by atoms with E-state index < -0.39 is 18.8 Å². The van der Waals surface area contributed by atoms with E-state index in [1.165, 1.54) is 10.9 Å². The summed E-state index contributed by atoms with van der Waals surface area (Å²) < 4.78 is 25.0. The molecule has 1 N–H and O–H groups in total. The minimum atomic E-state index is -3.07. The summed E-state index contributed by atoms with van der Waals surface area (Å²) in [5, 5.41) is 0. The summed E-state index contributed by atoms with van der Waals surface area (Å²) in [5.74, 6) is 0. The summed E-state index contributed by atoms with van der Waals surface area (Å²) in [7, 11) is -1.52. The zero-order chi connectivity index (χ0) is 17.0. The number of hydrogen-bond donors (Lipinski definition) is 1. The molecule has 9 nitrogen and oxygen atoms in total. The van der Waals surface area contributed by atoms with Crippen LogP contribution < -0.4 is 11.2 Å². The van der Waals surface area contributed by atoms with Crippen molar-refractivity contribution in [3.63, 3.8) is 0 Å². The van der Waals surface area contributed by atoms with Gasteiger partial charge in [-0.25, -0.2) is 9.78 Å². The molecule has 1 atom stereocenters. The normalized spacial score (nSPS) is 14.2. The van der Waals surface area contributed by atoms with Crippen molar-refractivity contribution < 1.29 is 13.6 Å². The molecule has 1 unspecified atom stereocenters. The minimum absolute atomic E-state index is 0.141. The molecule has 0 radical (unpaired) electrons. The van der Waals surface area contributed by atoms with Crippen LogP contribution in [-0.2, 0) is 27.2 Å². The van der Waals surface area contributed by atoms with Crippen LogP contribution in [0.3, 0.4) is 0 Å². The maximum Gasteiger partial charge on any atom is 0.332 e. The van der Waals surface area contributed by atoms with E-state index in [1.807, 2.05) is 0 Å². The number of hydrogen-bond acceptors (Lipinski definition) is 6. The van der Waals surface area contributed by atoms with Crippen LogP contribution in [0.2, 0.25) is 0 Å². The smallest absolute Gasteiger partial charge is 0.332 e. The Labute approximate surface area is 132 Å². The summed E-state index contributed by atoms with van der Waals surface area (Å²) >= 11 is 0. The number of nitrogens with zero attached hydrogens (tertiary/aromatic N) is 3. The highest BCUT2D eigenvalue weighted by atomic mass is 31.2. The third-order valence-electron chi connectivity index (χ3n) is 3.44. The highest BCUT2D eigenvalue weighted by Gasteiger charge is 2.20. The Kier molecular flexibility index (Phi) is 5.56. The van der Waals surface area contributed by atoms with Crippen LogP contribution in [0.25, 0.3) is 11.2 Å². The van der Waals surface area contributed by atoms with Gasteiger partial charge in [-0.05, 0) is 13.3 Å². The van der Waals surface area contributed by atoms with Gasteiger partial charge in [-0.1, -0.05) is 6.92 Å². The lowest BCUT2D eigenvalue weighted by Crippen LogP contribution is -2.39. The van der Waals surface area contributed by atoms with Gasteiger partial charge in [-0.15, -0.1) is 0 Å². The molecule has 10 heteroatoms. The Hall–Kier alpha value is -1.70. The molecule has 0 aliphatic carbocycles. The summed E-state index contributed by atoms with van der Waals surface area (Å²) in [6.45, 7) is 4.08. The first-order chi connectivity index (χ1) is 10.9. The predicted molar refractivity (Wildman–Crippen MR) is 85.9 cm³/mol. The van der Waals surface area contributed by atoms with Crippen LogP contribution in [0.5, 0.6) is 0 Å². The first-order valence-corrected chi connectivity index (χ1v) is 9.17. The van der Waals surface area contributed by atoms with Crippen molar-refractivity contribution in [1.29, 1.82) is 0 Å². The Morgan fingerprint density at radius 1 is 1.30 bits per heavy atom. The molecule has 0 amide bonds. The van der Waals surface area contributed by atoms with Gasteiger partial charge in [0.1, 0.15) is 5.52 Å². The molecule has 0 aromatic carbocycles. The number of aromatic amines is 1. The summed E-state index contributed by atoms with van der Waals surface area (Å²) in [6.07, 6.45) is 2.02. The number of nitrogens with one attached hydrogen (secondary N) is 1. The SMILES string of the molecule is CCOP(=O)(CC)OCCCn1c(=O)c2[nH]cnc2n(C)c1=O. The lowest BCUT2D eigenvalue weighted by atomic mass is 10.4. The number of imidazole rings is 1. The molecule has 2 heterocycles. The van der Waals surface area contributed by atoms with Crippen LogP contribution >= 0.6 is 7.60 Å². The Balaban J connectivity index is 2.10. The van der Waals surface area contributed by atoms with Crippen molar-refractivity contribution in [3.8, 4) is 0 Å². The van der Waals surface area contributed by atoms with Crippen molar-refractivity contribution in [3.05, 3.63) is 27.2 Å².